The molecule has 0 spiro atoms. The summed E-state index contributed by atoms with van der Waals surface area (Å²) in [5.41, 5.74) is 1.75. The lowest BCUT2D eigenvalue weighted by molar-refractivity contribution is 0.102. The third kappa shape index (κ3) is 3.43. The first-order valence-electron chi connectivity index (χ1n) is 7.97. The molecule has 1 aromatic carbocycles. The number of carbonyl (C=O) groups is 1. The van der Waals surface area contributed by atoms with E-state index in [-0.39, 0.29) is 16.4 Å². The van der Waals surface area contributed by atoms with Gasteiger partial charge in [-0.05, 0) is 37.6 Å². The Bertz CT molecular complexity index is 967. The molecule has 0 saturated carbocycles. The molecule has 0 aliphatic heterocycles. The van der Waals surface area contributed by atoms with Gasteiger partial charge in [-0.25, -0.2) is 9.37 Å². The van der Waals surface area contributed by atoms with Crippen LogP contribution in [0.3, 0.4) is 0 Å². The maximum absolute atomic E-state index is 14.0. The van der Waals surface area contributed by atoms with Crippen LogP contribution in [0.1, 0.15) is 34.4 Å². The van der Waals surface area contributed by atoms with Crippen LogP contribution in [0.15, 0.2) is 28.8 Å². The van der Waals surface area contributed by atoms with Crippen LogP contribution in [0.2, 0.25) is 5.02 Å². The van der Waals surface area contributed by atoms with Gasteiger partial charge in [0.25, 0.3) is 5.91 Å². The molecule has 2 aromatic heterocycles. The van der Waals surface area contributed by atoms with Crippen molar-refractivity contribution in [3.8, 4) is 11.4 Å². The third-order valence-corrected chi connectivity index (χ3v) is 4.08. The van der Waals surface area contributed by atoms with Gasteiger partial charge in [0.1, 0.15) is 11.6 Å². The van der Waals surface area contributed by atoms with E-state index < -0.39 is 11.7 Å². The number of amides is 1. The first kappa shape index (κ1) is 18.0. The minimum atomic E-state index is -0.714. The van der Waals surface area contributed by atoms with E-state index in [4.69, 9.17) is 16.1 Å². The second kappa shape index (κ2) is 7.21. The van der Waals surface area contributed by atoms with Crippen LogP contribution in [0, 0.1) is 19.7 Å². The summed E-state index contributed by atoms with van der Waals surface area (Å²) in [5, 5.41) is 6.58. The molecule has 134 valence electrons. The molecule has 0 aliphatic rings. The van der Waals surface area contributed by atoms with E-state index in [0.717, 1.165) is 5.56 Å². The first-order valence-corrected chi connectivity index (χ1v) is 8.35. The topological polar surface area (TPSA) is 80.9 Å². The van der Waals surface area contributed by atoms with Gasteiger partial charge in [-0.1, -0.05) is 29.7 Å². The van der Waals surface area contributed by atoms with Gasteiger partial charge in [-0.3, -0.25) is 4.79 Å². The van der Waals surface area contributed by atoms with Crippen LogP contribution < -0.4 is 5.32 Å². The molecule has 2 heterocycles. The summed E-state index contributed by atoms with van der Waals surface area (Å²) >= 11 is 5.97. The van der Waals surface area contributed by atoms with Crippen molar-refractivity contribution in [3.05, 3.63) is 57.8 Å². The Labute approximate surface area is 154 Å². The molecular weight excluding hydrogens is 359 g/mol. The number of nitrogens with zero attached hydrogens (tertiary/aromatic N) is 3. The number of nitrogens with one attached hydrogen (secondary N) is 1. The van der Waals surface area contributed by atoms with E-state index in [2.05, 4.69) is 20.4 Å². The molecule has 3 rings (SSSR count). The molecule has 0 saturated heterocycles. The fourth-order valence-electron chi connectivity index (χ4n) is 2.59. The van der Waals surface area contributed by atoms with E-state index in [9.17, 15) is 9.18 Å². The Morgan fingerprint density at radius 1 is 1.31 bits per heavy atom. The fraction of sp³-hybridized carbons (Fsp3) is 0.222. The van der Waals surface area contributed by atoms with Crippen molar-refractivity contribution in [1.29, 1.82) is 0 Å². The van der Waals surface area contributed by atoms with Gasteiger partial charge >= 0.3 is 0 Å². The van der Waals surface area contributed by atoms with Crippen molar-refractivity contribution in [1.82, 2.24) is 15.1 Å². The second-order valence-corrected chi connectivity index (χ2v) is 6.13. The lowest BCUT2D eigenvalue weighted by atomic mass is 10.1. The zero-order chi connectivity index (χ0) is 18.8. The van der Waals surface area contributed by atoms with Crippen molar-refractivity contribution in [2.45, 2.75) is 27.2 Å². The molecule has 26 heavy (non-hydrogen) atoms. The van der Waals surface area contributed by atoms with Crippen LogP contribution in [0.5, 0.6) is 0 Å². The number of rotatable bonds is 4. The predicted molar refractivity (Wildman–Crippen MR) is 95.7 cm³/mol. The van der Waals surface area contributed by atoms with Crippen molar-refractivity contribution in [2.75, 3.05) is 5.32 Å². The summed E-state index contributed by atoms with van der Waals surface area (Å²) in [4.78, 5) is 21.2. The van der Waals surface area contributed by atoms with Gasteiger partial charge in [-0.15, -0.1) is 0 Å². The van der Waals surface area contributed by atoms with Gasteiger partial charge < -0.3 is 9.84 Å². The molecule has 3 aromatic rings. The normalized spacial score (nSPS) is 10.8. The number of hydrogen-bond donors (Lipinski definition) is 1. The summed E-state index contributed by atoms with van der Waals surface area (Å²) < 4.78 is 19.2. The highest BCUT2D eigenvalue weighted by Crippen LogP contribution is 2.30. The largest absolute Gasteiger partial charge is 0.339 e. The molecular formula is C18H16ClFN4O2. The second-order valence-electron chi connectivity index (χ2n) is 5.72. The summed E-state index contributed by atoms with van der Waals surface area (Å²) in [7, 11) is 0. The lowest BCUT2D eigenvalue weighted by Gasteiger charge is -2.12. The third-order valence-electron chi connectivity index (χ3n) is 3.76. The number of anilines is 1. The zero-order valence-corrected chi connectivity index (χ0v) is 15.2. The Morgan fingerprint density at radius 2 is 2.08 bits per heavy atom. The summed E-state index contributed by atoms with van der Waals surface area (Å²) in [6, 6.07) is 5.88. The molecule has 1 N–H and O–H groups in total. The van der Waals surface area contributed by atoms with Gasteiger partial charge in [0.15, 0.2) is 0 Å². The van der Waals surface area contributed by atoms with Gasteiger partial charge in [0.05, 0.1) is 16.1 Å². The number of halogens is 2. The van der Waals surface area contributed by atoms with E-state index in [1.807, 2.05) is 19.9 Å². The zero-order valence-electron chi connectivity index (χ0n) is 14.4. The fourth-order valence-corrected chi connectivity index (χ4v) is 2.84. The number of benzene rings is 1. The molecule has 8 heteroatoms. The van der Waals surface area contributed by atoms with Crippen LogP contribution in [-0.2, 0) is 6.42 Å². The minimum absolute atomic E-state index is 0.0151. The van der Waals surface area contributed by atoms with Crippen LogP contribution in [-0.4, -0.2) is 21.0 Å². The Hall–Kier alpha value is -2.80. The maximum atomic E-state index is 14.0. The highest BCUT2D eigenvalue weighted by Gasteiger charge is 2.21. The van der Waals surface area contributed by atoms with Crippen LogP contribution >= 0.6 is 11.6 Å². The molecule has 1 amide bonds. The van der Waals surface area contributed by atoms with Crippen molar-refractivity contribution in [3.63, 3.8) is 0 Å². The highest BCUT2D eigenvalue weighted by atomic mass is 35.5. The minimum Gasteiger partial charge on any atom is -0.339 e. The number of pyridine rings is 1. The number of aromatic nitrogens is 3. The smallest absolute Gasteiger partial charge is 0.261 e. The maximum Gasteiger partial charge on any atom is 0.261 e. The molecule has 0 radical (unpaired) electrons. The van der Waals surface area contributed by atoms with Crippen molar-refractivity contribution >= 4 is 23.3 Å². The molecule has 0 bridgehead atoms. The molecule has 0 aliphatic carbocycles. The van der Waals surface area contributed by atoms with Gasteiger partial charge in [0, 0.05) is 12.1 Å². The summed E-state index contributed by atoms with van der Waals surface area (Å²) in [5.74, 6) is -0.425. The molecule has 0 fully saturated rings. The SMILES string of the molecule is CCc1nc(-c2c(C)cc(C)nc2NC(=O)c2c(F)cccc2Cl)no1. The first-order chi connectivity index (χ1) is 12.4. The average Bonchev–Trinajstić information content (AvgIpc) is 3.02. The van der Waals surface area contributed by atoms with Gasteiger partial charge in [0.2, 0.25) is 11.7 Å². The lowest BCUT2D eigenvalue weighted by Crippen LogP contribution is -2.17. The van der Waals surface area contributed by atoms with E-state index >= 15 is 0 Å². The van der Waals surface area contributed by atoms with E-state index in [0.29, 0.717) is 29.4 Å². The monoisotopic (exact) mass is 374 g/mol. The highest BCUT2D eigenvalue weighted by molar-refractivity contribution is 6.34. The van der Waals surface area contributed by atoms with E-state index in [1.54, 1.807) is 6.92 Å². The number of aryl methyl sites for hydroxylation is 3. The Morgan fingerprint density at radius 3 is 2.73 bits per heavy atom. The quantitative estimate of drug-likeness (QED) is 0.734. The Balaban J connectivity index is 2.06. The summed E-state index contributed by atoms with van der Waals surface area (Å²) in [6.07, 6.45) is 0.581. The Kier molecular flexibility index (Phi) is 4.99. The molecule has 6 nitrogen and oxygen atoms in total. The van der Waals surface area contributed by atoms with Gasteiger partial charge in [-0.2, -0.15) is 4.98 Å². The van der Waals surface area contributed by atoms with Crippen LogP contribution in [0.4, 0.5) is 10.2 Å². The standard InChI is InChI=1S/C18H16ClFN4O2/c1-4-13-22-17(24-26-13)14-9(2)8-10(3)21-16(14)23-18(25)15-11(19)6-5-7-12(15)20/h5-8H,4H2,1-3H3,(H,21,23,25). The van der Waals surface area contributed by atoms with Crippen molar-refractivity contribution < 1.29 is 13.7 Å². The van der Waals surface area contributed by atoms with Crippen molar-refractivity contribution in [2.24, 2.45) is 0 Å². The summed E-state index contributed by atoms with van der Waals surface area (Å²) in [6.45, 7) is 5.52. The number of hydrogen-bond acceptors (Lipinski definition) is 5. The average molecular weight is 375 g/mol. The molecule has 0 unspecified atom stereocenters. The van der Waals surface area contributed by atoms with Crippen LogP contribution in [0.25, 0.3) is 11.4 Å². The predicted octanol–water partition coefficient (Wildman–Crippen LogP) is 4.36. The number of carbonyl (C=O) groups excluding carboxylic acids is 1. The molecule has 0 atom stereocenters. The van der Waals surface area contributed by atoms with E-state index in [1.165, 1.54) is 18.2 Å².